The first-order chi connectivity index (χ1) is 2.89. The Labute approximate surface area is 35.9 Å². The van der Waals surface area contributed by atoms with E-state index in [1.54, 1.807) is 0 Å². The van der Waals surface area contributed by atoms with E-state index < -0.39 is 0 Å². The molecule has 3 nitrogen and oxygen atoms in total. The zero-order valence-corrected chi connectivity index (χ0v) is 3.33. The lowest BCUT2D eigenvalue weighted by atomic mass is 10.7. The van der Waals surface area contributed by atoms with E-state index in [1.807, 2.05) is 0 Å². The molecule has 0 saturated carbocycles. The highest BCUT2D eigenvalue weighted by Gasteiger charge is 1.96. The van der Waals surface area contributed by atoms with Crippen molar-refractivity contribution in [3.63, 3.8) is 0 Å². The third kappa shape index (κ3) is 0.490. The maximum Gasteiger partial charge on any atom is 0.110 e. The zero-order chi connectivity index (χ0) is 4.41. The van der Waals surface area contributed by atoms with Crippen LogP contribution in [0.3, 0.4) is 0 Å². The minimum atomic E-state index is 0.653. The van der Waals surface area contributed by atoms with Gasteiger partial charge in [0.25, 0.3) is 0 Å². The van der Waals surface area contributed by atoms with Crippen molar-refractivity contribution in [2.75, 3.05) is 13.1 Å². The zero-order valence-electron chi connectivity index (χ0n) is 3.33. The van der Waals surface area contributed by atoms with Crippen LogP contribution in [0, 0.1) is 0 Å². The predicted molar refractivity (Wildman–Crippen MR) is 21.9 cm³/mol. The molecule has 34 valence electrons. The second-order valence-electron chi connectivity index (χ2n) is 1.18. The Morgan fingerprint density at radius 1 is 1.83 bits per heavy atom. The molecule has 6 heavy (non-hydrogen) atoms. The molecule has 0 bridgehead atoms. The van der Waals surface area contributed by atoms with Gasteiger partial charge in [-0.05, 0) is 0 Å². The topological polar surface area (TPSA) is 35.8 Å². The van der Waals surface area contributed by atoms with Gasteiger partial charge in [-0.25, -0.2) is 5.06 Å². The van der Waals surface area contributed by atoms with Crippen molar-refractivity contribution in [1.29, 1.82) is 0 Å². The summed E-state index contributed by atoms with van der Waals surface area (Å²) in [5, 5.41) is 9.48. The number of hydrogen-bond acceptors (Lipinski definition) is 3. The quantitative estimate of drug-likeness (QED) is 0.440. The Morgan fingerprint density at radius 2 is 2.67 bits per heavy atom. The van der Waals surface area contributed by atoms with Crippen molar-refractivity contribution in [2.24, 2.45) is 4.99 Å². The van der Waals surface area contributed by atoms with Gasteiger partial charge in [0.15, 0.2) is 0 Å². The molecule has 1 heterocycles. The first-order valence-electron chi connectivity index (χ1n) is 1.85. The summed E-state index contributed by atoms with van der Waals surface area (Å²) >= 11 is 0. The van der Waals surface area contributed by atoms with Gasteiger partial charge in [-0.15, -0.1) is 0 Å². The summed E-state index contributed by atoms with van der Waals surface area (Å²) in [6.45, 7) is 1.39. The number of hydrogen-bond donors (Lipinski definition) is 1. The highest BCUT2D eigenvalue weighted by Crippen LogP contribution is 1.83. The summed E-state index contributed by atoms with van der Waals surface area (Å²) in [6.07, 6.45) is 1.42. The fraction of sp³-hybridized carbons (Fsp3) is 0.667. The molecule has 0 aromatic rings. The molecule has 0 amide bonds. The normalized spacial score (nSPS) is 19.8. The molecule has 0 aliphatic carbocycles. The Balaban J connectivity index is 2.38. The fourth-order valence-corrected chi connectivity index (χ4v) is 0.370. The summed E-state index contributed by atoms with van der Waals surface area (Å²) in [5.74, 6) is 0. The number of aliphatic imine (C=N–C) groups is 1. The van der Waals surface area contributed by atoms with E-state index in [0.717, 1.165) is 11.6 Å². The van der Waals surface area contributed by atoms with Crippen molar-refractivity contribution in [1.82, 2.24) is 5.06 Å². The highest BCUT2D eigenvalue weighted by molar-refractivity contribution is 5.54. The van der Waals surface area contributed by atoms with Gasteiger partial charge in [0, 0.05) is 0 Å². The van der Waals surface area contributed by atoms with E-state index in [4.69, 9.17) is 5.21 Å². The molecule has 1 rings (SSSR count). The average Bonchev–Trinajstić information content (AvgIpc) is 1.86. The van der Waals surface area contributed by atoms with Crippen molar-refractivity contribution < 1.29 is 5.21 Å². The summed E-state index contributed by atoms with van der Waals surface area (Å²) in [5.41, 5.74) is 0. The van der Waals surface area contributed by atoms with Crippen LogP contribution in [-0.4, -0.2) is 29.7 Å². The van der Waals surface area contributed by atoms with Gasteiger partial charge in [-0.3, -0.25) is 10.2 Å². The number of hydroxylamine groups is 2. The Bertz CT molecular complexity index is 71.2. The molecule has 0 aromatic heterocycles. The summed E-state index contributed by atoms with van der Waals surface area (Å²) in [4.78, 5) is 3.72. The van der Waals surface area contributed by atoms with E-state index in [1.165, 1.54) is 6.34 Å². The van der Waals surface area contributed by atoms with Gasteiger partial charge in [-0.2, -0.15) is 0 Å². The van der Waals surface area contributed by atoms with Crippen LogP contribution in [0.5, 0.6) is 0 Å². The first kappa shape index (κ1) is 3.61. The lowest BCUT2D eigenvalue weighted by Crippen LogP contribution is -2.12. The monoisotopic (exact) mass is 86.0 g/mol. The fourth-order valence-electron chi connectivity index (χ4n) is 0.370. The molecular weight excluding hydrogens is 80.0 g/mol. The van der Waals surface area contributed by atoms with Crippen LogP contribution in [0.1, 0.15) is 0 Å². The molecule has 3 heteroatoms. The third-order valence-electron chi connectivity index (χ3n) is 0.673. The smallest absolute Gasteiger partial charge is 0.110 e. The summed E-state index contributed by atoms with van der Waals surface area (Å²) in [7, 11) is 0. The van der Waals surface area contributed by atoms with Crippen molar-refractivity contribution in [3.8, 4) is 0 Å². The molecule has 0 unspecified atom stereocenters. The van der Waals surface area contributed by atoms with Crippen molar-refractivity contribution in [2.45, 2.75) is 0 Å². The molecule has 0 fully saturated rings. The van der Waals surface area contributed by atoms with Gasteiger partial charge in [0.2, 0.25) is 0 Å². The van der Waals surface area contributed by atoms with Gasteiger partial charge in [-0.1, -0.05) is 0 Å². The SMILES string of the molecule is ON1C=NCC1. The van der Waals surface area contributed by atoms with Crippen LogP contribution in [0.25, 0.3) is 0 Å². The molecule has 1 aliphatic heterocycles. The predicted octanol–water partition coefficient (Wildman–Crippen LogP) is -0.280. The minimum Gasteiger partial charge on any atom is -0.287 e. The van der Waals surface area contributed by atoms with Gasteiger partial charge in [0.05, 0.1) is 13.1 Å². The molecule has 1 aliphatic rings. The lowest BCUT2D eigenvalue weighted by Gasteiger charge is -1.97. The maximum atomic E-state index is 8.41. The van der Waals surface area contributed by atoms with Crippen LogP contribution in [0.15, 0.2) is 4.99 Å². The third-order valence-corrected chi connectivity index (χ3v) is 0.673. The number of nitrogens with zero attached hydrogens (tertiary/aromatic N) is 2. The molecule has 0 aromatic carbocycles. The Kier molecular flexibility index (Phi) is 0.759. The van der Waals surface area contributed by atoms with Crippen molar-refractivity contribution in [3.05, 3.63) is 0 Å². The van der Waals surface area contributed by atoms with Crippen LogP contribution in [-0.2, 0) is 0 Å². The van der Waals surface area contributed by atoms with E-state index in [-0.39, 0.29) is 0 Å². The van der Waals surface area contributed by atoms with Crippen LogP contribution in [0.4, 0.5) is 0 Å². The van der Waals surface area contributed by atoms with E-state index >= 15 is 0 Å². The van der Waals surface area contributed by atoms with Crippen molar-refractivity contribution >= 4 is 6.34 Å². The highest BCUT2D eigenvalue weighted by atomic mass is 16.5. The second-order valence-corrected chi connectivity index (χ2v) is 1.18. The van der Waals surface area contributed by atoms with E-state index in [0.29, 0.717) is 6.54 Å². The van der Waals surface area contributed by atoms with Crippen LogP contribution < -0.4 is 0 Å². The molecular formula is C3H6N2O. The standard InChI is InChI=1S/C3H6N2O/c6-5-2-1-4-3-5/h3,6H,1-2H2. The molecule has 0 spiro atoms. The largest absolute Gasteiger partial charge is 0.287 e. The van der Waals surface area contributed by atoms with Crippen LogP contribution >= 0.6 is 0 Å². The van der Waals surface area contributed by atoms with Gasteiger partial charge in [0.1, 0.15) is 6.34 Å². The molecule has 0 saturated heterocycles. The average molecular weight is 86.1 g/mol. The lowest BCUT2D eigenvalue weighted by molar-refractivity contribution is 0.00310. The number of rotatable bonds is 0. The molecule has 0 atom stereocenters. The summed E-state index contributed by atoms with van der Waals surface area (Å²) in [6, 6.07) is 0. The second kappa shape index (κ2) is 1.26. The first-order valence-corrected chi connectivity index (χ1v) is 1.85. The van der Waals surface area contributed by atoms with Crippen LogP contribution in [0.2, 0.25) is 0 Å². The molecule has 1 N–H and O–H groups in total. The van der Waals surface area contributed by atoms with E-state index in [2.05, 4.69) is 4.99 Å². The Morgan fingerprint density at radius 3 is 2.83 bits per heavy atom. The minimum absolute atomic E-state index is 0.653. The maximum absolute atomic E-state index is 8.41. The van der Waals surface area contributed by atoms with E-state index in [9.17, 15) is 0 Å². The van der Waals surface area contributed by atoms with Gasteiger partial charge < -0.3 is 0 Å². The van der Waals surface area contributed by atoms with Gasteiger partial charge >= 0.3 is 0 Å². The Hall–Kier alpha value is -0.570. The molecule has 0 radical (unpaired) electrons. The summed E-state index contributed by atoms with van der Waals surface area (Å²) < 4.78 is 0.